The Balaban J connectivity index is 0.000000148. The number of rotatable bonds is 4. The minimum atomic E-state index is -0.286. The molecule has 3 aromatic carbocycles. The molecule has 0 radical (unpaired) electrons. The van der Waals surface area contributed by atoms with E-state index in [0.717, 1.165) is 69.3 Å². The quantitative estimate of drug-likeness (QED) is 0.259. The number of hydrogen-bond acceptors (Lipinski definition) is 4. The van der Waals surface area contributed by atoms with Gasteiger partial charge in [0.05, 0.1) is 17.7 Å². The molecule has 7 heteroatoms. The number of carbonyl (C=O) groups is 2. The summed E-state index contributed by atoms with van der Waals surface area (Å²) in [4.78, 5) is 26.9. The Hall–Kier alpha value is -2.64. The van der Waals surface area contributed by atoms with E-state index in [2.05, 4.69) is 44.0 Å². The molecular formula is C41H43Br2NO4. The van der Waals surface area contributed by atoms with Crippen LogP contribution in [0.25, 0.3) is 0 Å². The van der Waals surface area contributed by atoms with Crippen LogP contribution >= 0.6 is 31.9 Å². The lowest BCUT2D eigenvalue weighted by molar-refractivity contribution is -0.00635. The Labute approximate surface area is 299 Å². The van der Waals surface area contributed by atoms with E-state index in [4.69, 9.17) is 0 Å². The Morgan fingerprint density at radius 3 is 1.52 bits per heavy atom. The van der Waals surface area contributed by atoms with Crippen molar-refractivity contribution in [3.8, 4) is 11.5 Å². The van der Waals surface area contributed by atoms with Crippen molar-refractivity contribution in [2.45, 2.75) is 94.4 Å². The van der Waals surface area contributed by atoms with Gasteiger partial charge in [-0.2, -0.15) is 0 Å². The number of halogens is 2. The summed E-state index contributed by atoms with van der Waals surface area (Å²) in [6.45, 7) is 0.0942. The van der Waals surface area contributed by atoms with E-state index in [0.29, 0.717) is 27.9 Å². The highest BCUT2D eigenvalue weighted by Crippen LogP contribution is 2.63. The Morgan fingerprint density at radius 1 is 0.604 bits per heavy atom. The molecule has 3 aromatic rings. The molecule has 48 heavy (non-hydrogen) atoms. The number of nitrogens with zero attached hydrogens (tertiary/aromatic N) is 1. The first kappa shape index (κ1) is 31.3. The van der Waals surface area contributed by atoms with Gasteiger partial charge in [0.1, 0.15) is 11.5 Å². The van der Waals surface area contributed by atoms with Crippen molar-refractivity contribution >= 4 is 43.7 Å². The molecule has 0 saturated heterocycles. The van der Waals surface area contributed by atoms with E-state index in [1.807, 2.05) is 18.2 Å². The summed E-state index contributed by atoms with van der Waals surface area (Å²) >= 11 is 7.20. The third-order valence-electron chi connectivity index (χ3n) is 13.5. The van der Waals surface area contributed by atoms with E-state index >= 15 is 0 Å². The van der Waals surface area contributed by atoms with Crippen molar-refractivity contribution in [2.75, 3.05) is 0 Å². The average molecular weight is 774 g/mol. The smallest absolute Gasteiger partial charge is 0.261 e. The lowest BCUT2D eigenvalue weighted by Crippen LogP contribution is -2.48. The van der Waals surface area contributed by atoms with Crippen LogP contribution in [-0.2, 0) is 17.4 Å². The maximum atomic E-state index is 12.8. The zero-order valence-electron chi connectivity index (χ0n) is 27.3. The highest BCUT2D eigenvalue weighted by Gasteiger charge is 2.54. The molecule has 5 nitrogen and oxygen atoms in total. The second-order valence-corrected chi connectivity index (χ2v) is 18.6. The van der Waals surface area contributed by atoms with Gasteiger partial charge in [-0.15, -0.1) is 0 Å². The second-order valence-electron chi connectivity index (χ2n) is 16.8. The molecule has 12 rings (SSSR count). The van der Waals surface area contributed by atoms with Crippen LogP contribution in [0.1, 0.15) is 114 Å². The summed E-state index contributed by atoms with van der Waals surface area (Å²) in [6.07, 6.45) is 15.8. The molecule has 8 fully saturated rings. The number of phenolic OH excluding ortho intramolecular Hbond substituents is 2. The largest absolute Gasteiger partial charge is 0.508 e. The molecule has 8 aliphatic carbocycles. The van der Waals surface area contributed by atoms with Crippen molar-refractivity contribution in [3.63, 3.8) is 0 Å². The molecule has 250 valence electrons. The van der Waals surface area contributed by atoms with Gasteiger partial charge in [-0.05, 0) is 166 Å². The monoisotopic (exact) mass is 771 g/mol. The highest BCUT2D eigenvalue weighted by molar-refractivity contribution is 9.10. The lowest BCUT2D eigenvalue weighted by Gasteiger charge is -2.57. The van der Waals surface area contributed by atoms with Crippen molar-refractivity contribution < 1.29 is 19.8 Å². The predicted octanol–water partition coefficient (Wildman–Crippen LogP) is 10.0. The van der Waals surface area contributed by atoms with E-state index in [9.17, 15) is 19.8 Å². The van der Waals surface area contributed by atoms with Crippen molar-refractivity contribution in [1.82, 2.24) is 4.90 Å². The fourth-order valence-corrected chi connectivity index (χ4v) is 13.4. The molecule has 9 aliphatic rings. The van der Waals surface area contributed by atoms with Crippen LogP contribution in [0.2, 0.25) is 0 Å². The summed E-state index contributed by atoms with van der Waals surface area (Å²) < 4.78 is 2.00. The normalized spacial score (nSPS) is 35.2. The fourth-order valence-electron chi connectivity index (χ4n) is 12.5. The molecule has 0 spiro atoms. The second kappa shape index (κ2) is 11.4. The summed E-state index contributed by atoms with van der Waals surface area (Å²) in [5, 5.41) is 21.6. The van der Waals surface area contributed by atoms with Gasteiger partial charge in [-0.25, -0.2) is 0 Å². The van der Waals surface area contributed by atoms with Gasteiger partial charge in [0.25, 0.3) is 11.8 Å². The van der Waals surface area contributed by atoms with Gasteiger partial charge in [0.15, 0.2) is 0 Å². The summed E-state index contributed by atoms with van der Waals surface area (Å²) in [5.41, 5.74) is 4.10. The maximum Gasteiger partial charge on any atom is 0.261 e. The number of amides is 2. The zero-order chi connectivity index (χ0) is 32.9. The van der Waals surface area contributed by atoms with Crippen LogP contribution in [0.3, 0.4) is 0 Å². The van der Waals surface area contributed by atoms with E-state index < -0.39 is 0 Å². The Bertz CT molecular complexity index is 1730. The first-order valence-electron chi connectivity index (χ1n) is 18.0. The summed E-state index contributed by atoms with van der Waals surface area (Å²) in [7, 11) is 0. The van der Waals surface area contributed by atoms with Crippen LogP contribution < -0.4 is 0 Å². The fraction of sp³-hybridized carbons (Fsp3) is 0.512. The SMILES string of the molecule is O=C1c2ccccc2C(=O)N1Cc1cc(Br)cc(C23CC4CC(CC(C4)C2)C3)c1O.Oc1ccc(Br)cc1C12CC3CC(CC(C3)C1)C2. The van der Waals surface area contributed by atoms with Gasteiger partial charge in [-0.1, -0.05) is 44.0 Å². The molecule has 1 aliphatic heterocycles. The van der Waals surface area contributed by atoms with Crippen LogP contribution in [0.4, 0.5) is 0 Å². The topological polar surface area (TPSA) is 77.8 Å². The summed E-state index contributed by atoms with van der Waals surface area (Å²) in [6, 6.07) is 16.8. The zero-order valence-corrected chi connectivity index (χ0v) is 30.4. The van der Waals surface area contributed by atoms with Gasteiger partial charge in [0.2, 0.25) is 0 Å². The number of phenols is 2. The Morgan fingerprint density at radius 2 is 1.04 bits per heavy atom. The van der Waals surface area contributed by atoms with Gasteiger partial charge >= 0.3 is 0 Å². The first-order valence-corrected chi connectivity index (χ1v) is 19.6. The standard InChI is InChI=1S/C25H24BrNO3.C16H19BrO/c26-18-8-17(13-27-23(29)19-3-1-2-4-20(19)24(27)30)22(28)21(9-18)25-10-14-5-15(11-25)7-16(6-14)12-25;17-13-1-2-15(18)14(6-13)16-7-10-3-11(8-16)5-12(4-10)9-16/h1-4,8-9,14-16,28H,5-7,10-13H2;1-2,6,10-12,18H,3-5,7-9H2. The third-order valence-corrected chi connectivity index (χ3v) is 14.5. The van der Waals surface area contributed by atoms with E-state index in [1.165, 1.54) is 68.3 Å². The lowest BCUT2D eigenvalue weighted by atomic mass is 9.48. The molecule has 2 N–H and O–H groups in total. The first-order chi connectivity index (χ1) is 23.1. The number of fused-ring (bicyclic) bond motifs is 1. The molecule has 0 aromatic heterocycles. The van der Waals surface area contributed by atoms with Crippen molar-refractivity contribution in [1.29, 1.82) is 0 Å². The highest BCUT2D eigenvalue weighted by atomic mass is 79.9. The molecule has 2 amide bonds. The molecule has 8 bridgehead atoms. The number of carbonyl (C=O) groups excluding carboxylic acids is 2. The van der Waals surface area contributed by atoms with E-state index in [-0.39, 0.29) is 29.5 Å². The molecule has 0 unspecified atom stereocenters. The number of aromatic hydroxyl groups is 2. The van der Waals surface area contributed by atoms with Crippen LogP contribution in [0.5, 0.6) is 11.5 Å². The predicted molar refractivity (Wildman–Crippen MR) is 192 cm³/mol. The van der Waals surface area contributed by atoms with Crippen molar-refractivity contribution in [3.05, 3.63) is 91.4 Å². The van der Waals surface area contributed by atoms with Crippen molar-refractivity contribution in [2.24, 2.45) is 35.5 Å². The van der Waals surface area contributed by atoms with E-state index in [1.54, 1.807) is 24.3 Å². The Kier molecular flexibility index (Phi) is 7.48. The van der Waals surface area contributed by atoms with Crippen LogP contribution in [-0.4, -0.2) is 26.9 Å². The average Bonchev–Trinajstić information content (AvgIpc) is 3.27. The third kappa shape index (κ3) is 5.11. The van der Waals surface area contributed by atoms with Gasteiger partial charge in [-0.3, -0.25) is 14.5 Å². The number of benzene rings is 3. The maximum absolute atomic E-state index is 12.8. The minimum Gasteiger partial charge on any atom is -0.508 e. The van der Waals surface area contributed by atoms with Crippen LogP contribution in [0, 0.1) is 35.5 Å². The summed E-state index contributed by atoms with van der Waals surface area (Å²) in [5.74, 6) is 5.31. The minimum absolute atomic E-state index is 0.0410. The molecule has 1 heterocycles. The van der Waals surface area contributed by atoms with Crippen LogP contribution in [0.15, 0.2) is 63.5 Å². The van der Waals surface area contributed by atoms with Gasteiger partial charge < -0.3 is 10.2 Å². The van der Waals surface area contributed by atoms with Gasteiger partial charge in [0, 0.05) is 25.6 Å². The molecular weight excluding hydrogens is 730 g/mol. The number of hydrogen-bond donors (Lipinski definition) is 2. The molecule has 8 saturated carbocycles. The number of imide groups is 1. The molecule has 0 atom stereocenters.